The molecule has 2 nitrogen and oxygen atoms in total. The van der Waals surface area contributed by atoms with Crippen LogP contribution in [0, 0.1) is 6.92 Å². The van der Waals surface area contributed by atoms with Crippen molar-refractivity contribution in [3.63, 3.8) is 0 Å². The molecule has 100 valence electrons. The SMILES string of the molecule is Cc1cc(Cl)c2[nH]c(-c3ccccc3)cc(=O)c2c1Cl. The average molecular weight is 304 g/mol. The van der Waals surface area contributed by atoms with E-state index in [9.17, 15) is 4.79 Å². The van der Waals surface area contributed by atoms with E-state index >= 15 is 0 Å². The van der Waals surface area contributed by atoms with Crippen LogP contribution in [-0.4, -0.2) is 4.98 Å². The van der Waals surface area contributed by atoms with Crippen molar-refractivity contribution in [2.75, 3.05) is 0 Å². The largest absolute Gasteiger partial charge is 0.353 e. The van der Waals surface area contributed by atoms with E-state index in [1.54, 1.807) is 12.1 Å². The van der Waals surface area contributed by atoms with Crippen molar-refractivity contribution in [1.82, 2.24) is 4.98 Å². The van der Waals surface area contributed by atoms with Crippen molar-refractivity contribution in [2.45, 2.75) is 6.92 Å². The maximum Gasteiger partial charge on any atom is 0.191 e. The van der Waals surface area contributed by atoms with Crippen LogP contribution < -0.4 is 5.43 Å². The number of hydrogen-bond donors (Lipinski definition) is 1. The predicted octanol–water partition coefficient (Wildman–Crippen LogP) is 4.81. The number of nitrogens with one attached hydrogen (secondary N) is 1. The van der Waals surface area contributed by atoms with E-state index in [0.29, 0.717) is 20.9 Å². The van der Waals surface area contributed by atoms with Gasteiger partial charge in [0.25, 0.3) is 0 Å². The van der Waals surface area contributed by atoms with Crippen molar-refractivity contribution in [2.24, 2.45) is 0 Å². The lowest BCUT2D eigenvalue weighted by molar-refractivity contribution is 1.37. The summed E-state index contributed by atoms with van der Waals surface area (Å²) in [6.45, 7) is 1.83. The van der Waals surface area contributed by atoms with Gasteiger partial charge in [-0.05, 0) is 24.1 Å². The Morgan fingerprint density at radius 2 is 1.75 bits per heavy atom. The summed E-state index contributed by atoms with van der Waals surface area (Å²) in [5.74, 6) is 0. The first-order valence-corrected chi connectivity index (χ1v) is 6.90. The third kappa shape index (κ3) is 2.11. The summed E-state index contributed by atoms with van der Waals surface area (Å²) in [7, 11) is 0. The van der Waals surface area contributed by atoms with E-state index < -0.39 is 0 Å². The lowest BCUT2D eigenvalue weighted by Gasteiger charge is -2.09. The quantitative estimate of drug-likeness (QED) is 0.687. The van der Waals surface area contributed by atoms with Gasteiger partial charge < -0.3 is 4.98 Å². The molecule has 0 aliphatic heterocycles. The maximum absolute atomic E-state index is 12.3. The number of rotatable bonds is 1. The van der Waals surface area contributed by atoms with Gasteiger partial charge >= 0.3 is 0 Å². The summed E-state index contributed by atoms with van der Waals surface area (Å²) in [5.41, 5.74) is 2.90. The van der Waals surface area contributed by atoms with Gasteiger partial charge in [-0.2, -0.15) is 0 Å². The van der Waals surface area contributed by atoms with Crippen molar-refractivity contribution in [3.8, 4) is 11.3 Å². The van der Waals surface area contributed by atoms with Gasteiger partial charge in [-0.1, -0.05) is 53.5 Å². The summed E-state index contributed by atoms with van der Waals surface area (Å²) in [4.78, 5) is 15.5. The van der Waals surface area contributed by atoms with Crippen LogP contribution in [0.15, 0.2) is 47.3 Å². The average Bonchev–Trinajstić information content (AvgIpc) is 2.45. The normalized spacial score (nSPS) is 10.9. The van der Waals surface area contributed by atoms with Gasteiger partial charge in [0.1, 0.15) is 0 Å². The van der Waals surface area contributed by atoms with Crippen LogP contribution in [-0.2, 0) is 0 Å². The van der Waals surface area contributed by atoms with Crippen LogP contribution in [0.2, 0.25) is 10.0 Å². The standard InChI is InChI=1S/C16H11Cl2NO/c1-9-7-11(17)16-14(15(9)18)13(20)8-12(19-16)10-5-3-2-4-6-10/h2-8H,1H3,(H,19,20). The van der Waals surface area contributed by atoms with E-state index in [4.69, 9.17) is 23.2 Å². The van der Waals surface area contributed by atoms with Gasteiger partial charge in [0, 0.05) is 11.8 Å². The Morgan fingerprint density at radius 1 is 1.05 bits per heavy atom. The minimum Gasteiger partial charge on any atom is -0.353 e. The zero-order chi connectivity index (χ0) is 14.3. The van der Waals surface area contributed by atoms with Crippen LogP contribution >= 0.6 is 23.2 Å². The van der Waals surface area contributed by atoms with Crippen molar-refractivity contribution in [3.05, 3.63) is 68.3 Å². The highest BCUT2D eigenvalue weighted by Crippen LogP contribution is 2.31. The molecule has 1 N–H and O–H groups in total. The van der Waals surface area contributed by atoms with Crippen molar-refractivity contribution >= 4 is 34.1 Å². The fraction of sp³-hybridized carbons (Fsp3) is 0.0625. The number of fused-ring (bicyclic) bond motifs is 1. The molecule has 0 atom stereocenters. The number of H-pyrrole nitrogens is 1. The summed E-state index contributed by atoms with van der Waals surface area (Å²) in [6.07, 6.45) is 0. The highest BCUT2D eigenvalue weighted by Gasteiger charge is 2.12. The Hall–Kier alpha value is -1.77. The van der Waals surface area contributed by atoms with Crippen LogP contribution in [0.25, 0.3) is 22.2 Å². The van der Waals surface area contributed by atoms with Crippen molar-refractivity contribution in [1.29, 1.82) is 0 Å². The number of aryl methyl sites for hydroxylation is 1. The molecule has 0 saturated heterocycles. The molecule has 0 aliphatic carbocycles. The molecule has 3 aromatic rings. The molecule has 0 unspecified atom stereocenters. The van der Waals surface area contributed by atoms with E-state index in [2.05, 4.69) is 4.98 Å². The molecule has 0 fully saturated rings. The number of pyridine rings is 1. The smallest absolute Gasteiger partial charge is 0.191 e. The lowest BCUT2D eigenvalue weighted by Crippen LogP contribution is -2.05. The molecule has 0 bridgehead atoms. The van der Waals surface area contributed by atoms with Crippen LogP contribution in [0.4, 0.5) is 0 Å². The highest BCUT2D eigenvalue weighted by molar-refractivity contribution is 6.40. The Balaban J connectivity index is 2.39. The molecule has 4 heteroatoms. The molecule has 0 aliphatic rings. The number of hydrogen-bond acceptors (Lipinski definition) is 1. The van der Waals surface area contributed by atoms with Gasteiger partial charge in [0.05, 0.1) is 20.9 Å². The first-order chi connectivity index (χ1) is 9.58. The van der Waals surface area contributed by atoms with Gasteiger partial charge in [0.15, 0.2) is 5.43 Å². The first-order valence-electron chi connectivity index (χ1n) is 6.15. The van der Waals surface area contributed by atoms with Gasteiger partial charge in [-0.25, -0.2) is 0 Å². The molecule has 0 saturated carbocycles. The summed E-state index contributed by atoms with van der Waals surface area (Å²) >= 11 is 12.5. The number of halogens is 2. The second-order valence-corrected chi connectivity index (χ2v) is 5.44. The van der Waals surface area contributed by atoms with E-state index in [1.807, 2.05) is 37.3 Å². The molecule has 3 rings (SSSR count). The fourth-order valence-electron chi connectivity index (χ4n) is 2.25. The maximum atomic E-state index is 12.3. The molecular formula is C16H11Cl2NO. The number of benzene rings is 2. The topological polar surface area (TPSA) is 32.9 Å². The number of aromatic amines is 1. The van der Waals surface area contributed by atoms with E-state index in [0.717, 1.165) is 16.8 Å². The molecule has 0 amide bonds. The molecule has 1 heterocycles. The number of aromatic nitrogens is 1. The van der Waals surface area contributed by atoms with Gasteiger partial charge in [-0.15, -0.1) is 0 Å². The summed E-state index contributed by atoms with van der Waals surface area (Å²) in [5, 5.41) is 1.39. The summed E-state index contributed by atoms with van der Waals surface area (Å²) in [6, 6.07) is 12.9. The van der Waals surface area contributed by atoms with Gasteiger partial charge in [-0.3, -0.25) is 4.79 Å². The Morgan fingerprint density at radius 3 is 2.45 bits per heavy atom. The Kier molecular flexibility index (Phi) is 3.28. The molecule has 0 radical (unpaired) electrons. The third-order valence-corrected chi connectivity index (χ3v) is 4.05. The second kappa shape index (κ2) is 4.97. The zero-order valence-electron chi connectivity index (χ0n) is 10.7. The van der Waals surface area contributed by atoms with Crippen LogP contribution in [0.5, 0.6) is 0 Å². The molecule has 20 heavy (non-hydrogen) atoms. The highest BCUT2D eigenvalue weighted by atomic mass is 35.5. The summed E-state index contributed by atoms with van der Waals surface area (Å²) < 4.78 is 0. The monoisotopic (exact) mass is 303 g/mol. The minimum absolute atomic E-state index is 0.131. The molecule has 1 aromatic heterocycles. The third-order valence-electron chi connectivity index (χ3n) is 3.26. The van der Waals surface area contributed by atoms with Crippen LogP contribution in [0.3, 0.4) is 0 Å². The Bertz CT molecular complexity index is 854. The fourth-order valence-corrected chi connectivity index (χ4v) is 2.80. The van der Waals surface area contributed by atoms with Gasteiger partial charge in [0.2, 0.25) is 0 Å². The van der Waals surface area contributed by atoms with Crippen LogP contribution in [0.1, 0.15) is 5.56 Å². The predicted molar refractivity (Wildman–Crippen MR) is 84.8 cm³/mol. The lowest BCUT2D eigenvalue weighted by atomic mass is 10.1. The van der Waals surface area contributed by atoms with E-state index in [1.165, 1.54) is 0 Å². The minimum atomic E-state index is -0.131. The Labute approximate surface area is 126 Å². The second-order valence-electron chi connectivity index (χ2n) is 4.65. The molecule has 0 spiro atoms. The van der Waals surface area contributed by atoms with Crippen molar-refractivity contribution < 1.29 is 0 Å². The first kappa shape index (κ1) is 13.2. The molecule has 2 aromatic carbocycles. The van der Waals surface area contributed by atoms with E-state index in [-0.39, 0.29) is 5.43 Å². The molecular weight excluding hydrogens is 293 g/mol. The zero-order valence-corrected chi connectivity index (χ0v) is 12.2.